The van der Waals surface area contributed by atoms with Crippen molar-refractivity contribution in [2.75, 3.05) is 15.4 Å². The van der Waals surface area contributed by atoms with Crippen molar-refractivity contribution in [3.63, 3.8) is 0 Å². The number of nitrogens with zero attached hydrogens (tertiary/aromatic N) is 1. The second-order valence-electron chi connectivity index (χ2n) is 5.80. The van der Waals surface area contributed by atoms with Crippen LogP contribution in [0, 0.1) is 6.92 Å². The van der Waals surface area contributed by atoms with Crippen molar-refractivity contribution in [3.05, 3.63) is 57.6 Å². The largest absolute Gasteiger partial charge is 0.322 e. The molecule has 2 aromatic rings. The molecule has 0 aliphatic carbocycles. The van der Waals surface area contributed by atoms with Gasteiger partial charge in [0.25, 0.3) is 5.91 Å². The Morgan fingerprint density at radius 1 is 1.15 bits per heavy atom. The van der Waals surface area contributed by atoms with E-state index in [4.69, 9.17) is 23.2 Å². The molecule has 1 aliphatic heterocycles. The maximum atomic E-state index is 12.5. The summed E-state index contributed by atoms with van der Waals surface area (Å²) in [4.78, 5) is 24.5. The Morgan fingerprint density at radius 3 is 2.54 bits per heavy atom. The first-order valence-corrected chi connectivity index (χ1v) is 9.98. The molecule has 3 rings (SSSR count). The van der Waals surface area contributed by atoms with E-state index in [9.17, 15) is 18.0 Å². The number of sulfonamides is 1. The van der Waals surface area contributed by atoms with Gasteiger partial charge in [0.2, 0.25) is 15.9 Å². The molecule has 0 bridgehead atoms. The summed E-state index contributed by atoms with van der Waals surface area (Å²) in [5.74, 6) is -1.33. The molecule has 9 heteroatoms. The van der Waals surface area contributed by atoms with Crippen molar-refractivity contribution >= 4 is 56.4 Å². The highest BCUT2D eigenvalue weighted by atomic mass is 35.5. The summed E-state index contributed by atoms with van der Waals surface area (Å²) in [5, 5.41) is 3.25. The van der Waals surface area contributed by atoms with Crippen LogP contribution in [0.1, 0.15) is 22.3 Å². The molecule has 1 N–H and O–H groups in total. The van der Waals surface area contributed by atoms with Gasteiger partial charge in [0.15, 0.2) is 0 Å². The molecule has 1 heterocycles. The molecular weight excluding hydrogens is 399 g/mol. The monoisotopic (exact) mass is 412 g/mol. The van der Waals surface area contributed by atoms with Gasteiger partial charge >= 0.3 is 0 Å². The van der Waals surface area contributed by atoms with Crippen LogP contribution >= 0.6 is 23.2 Å². The van der Waals surface area contributed by atoms with Crippen LogP contribution in [0.15, 0.2) is 36.4 Å². The van der Waals surface area contributed by atoms with E-state index in [2.05, 4.69) is 5.32 Å². The molecule has 26 heavy (non-hydrogen) atoms. The molecule has 1 fully saturated rings. The van der Waals surface area contributed by atoms with E-state index in [-0.39, 0.29) is 28.4 Å². The zero-order chi connectivity index (χ0) is 19.1. The number of carbonyl (C=O) groups is 2. The molecular formula is C17H14Cl2N2O4S. The van der Waals surface area contributed by atoms with E-state index in [1.807, 2.05) is 6.92 Å². The zero-order valence-electron chi connectivity index (χ0n) is 13.6. The van der Waals surface area contributed by atoms with Crippen molar-refractivity contribution in [1.82, 2.24) is 0 Å². The predicted octanol–water partition coefficient (Wildman–Crippen LogP) is 3.62. The van der Waals surface area contributed by atoms with Gasteiger partial charge < -0.3 is 5.32 Å². The van der Waals surface area contributed by atoms with Gasteiger partial charge in [-0.15, -0.1) is 0 Å². The third-order valence-electron chi connectivity index (χ3n) is 3.95. The van der Waals surface area contributed by atoms with Crippen LogP contribution in [0.4, 0.5) is 11.4 Å². The van der Waals surface area contributed by atoms with Gasteiger partial charge in [-0.1, -0.05) is 29.3 Å². The second-order valence-corrected chi connectivity index (χ2v) is 8.58. The van der Waals surface area contributed by atoms with E-state index in [1.165, 1.54) is 18.2 Å². The number of halogens is 2. The van der Waals surface area contributed by atoms with Gasteiger partial charge in [-0.05, 0) is 42.8 Å². The molecule has 2 aromatic carbocycles. The molecule has 0 atom stereocenters. The lowest BCUT2D eigenvalue weighted by atomic mass is 10.1. The summed E-state index contributed by atoms with van der Waals surface area (Å²) in [6, 6.07) is 9.21. The predicted molar refractivity (Wildman–Crippen MR) is 101 cm³/mol. The highest BCUT2D eigenvalue weighted by Crippen LogP contribution is 2.33. The topological polar surface area (TPSA) is 83.6 Å². The Balaban J connectivity index is 1.96. The first-order chi connectivity index (χ1) is 12.2. The Morgan fingerprint density at radius 2 is 1.88 bits per heavy atom. The lowest BCUT2D eigenvalue weighted by Crippen LogP contribution is -2.30. The van der Waals surface area contributed by atoms with Gasteiger partial charge in [-0.3, -0.25) is 9.59 Å². The van der Waals surface area contributed by atoms with Crippen molar-refractivity contribution in [1.29, 1.82) is 0 Å². The van der Waals surface area contributed by atoms with Crippen LogP contribution in [-0.2, 0) is 14.8 Å². The standard InChI is InChI=1S/C17H14Cl2N2O4S/c1-10-2-4-12(18)9-14(10)20-17(23)11-3-5-13(19)15(8-11)21-16(22)6-7-26(21,24)25/h2-5,8-9H,6-7H2,1H3,(H,20,23). The molecule has 0 aromatic heterocycles. The van der Waals surface area contributed by atoms with Gasteiger partial charge in [-0.25, -0.2) is 12.7 Å². The average molecular weight is 413 g/mol. The molecule has 0 radical (unpaired) electrons. The summed E-state index contributed by atoms with van der Waals surface area (Å²) < 4.78 is 24.9. The van der Waals surface area contributed by atoms with Crippen LogP contribution < -0.4 is 9.62 Å². The maximum Gasteiger partial charge on any atom is 0.255 e. The number of benzene rings is 2. The molecule has 2 amide bonds. The van der Waals surface area contributed by atoms with Crippen LogP contribution in [0.2, 0.25) is 10.0 Å². The highest BCUT2D eigenvalue weighted by molar-refractivity contribution is 7.94. The molecule has 1 saturated heterocycles. The summed E-state index contributed by atoms with van der Waals surface area (Å²) in [5.41, 5.74) is 1.49. The van der Waals surface area contributed by atoms with Crippen LogP contribution in [-0.4, -0.2) is 26.0 Å². The Hall–Kier alpha value is -2.09. The number of anilines is 2. The number of aryl methyl sites for hydroxylation is 1. The second kappa shape index (κ2) is 6.90. The highest BCUT2D eigenvalue weighted by Gasteiger charge is 2.37. The quantitative estimate of drug-likeness (QED) is 0.833. The zero-order valence-corrected chi connectivity index (χ0v) is 16.0. The Kier molecular flexibility index (Phi) is 4.96. The Bertz CT molecular complexity index is 1020. The van der Waals surface area contributed by atoms with E-state index in [0.717, 1.165) is 5.56 Å². The van der Waals surface area contributed by atoms with E-state index in [0.29, 0.717) is 15.0 Å². The van der Waals surface area contributed by atoms with Crippen molar-refractivity contribution < 1.29 is 18.0 Å². The molecule has 1 aliphatic rings. The maximum absolute atomic E-state index is 12.5. The fourth-order valence-corrected chi connectivity index (χ4v) is 4.47. The fourth-order valence-electron chi connectivity index (χ4n) is 2.58. The van der Waals surface area contributed by atoms with Crippen LogP contribution in [0.5, 0.6) is 0 Å². The Labute approximate surface area is 160 Å². The summed E-state index contributed by atoms with van der Waals surface area (Å²) in [6.07, 6.45) is -0.114. The number of hydrogen-bond donors (Lipinski definition) is 1. The summed E-state index contributed by atoms with van der Waals surface area (Å²) >= 11 is 12.0. The minimum atomic E-state index is -3.78. The smallest absolute Gasteiger partial charge is 0.255 e. The van der Waals surface area contributed by atoms with Crippen molar-refractivity contribution in [2.45, 2.75) is 13.3 Å². The number of nitrogens with one attached hydrogen (secondary N) is 1. The molecule has 136 valence electrons. The molecule has 6 nitrogen and oxygen atoms in total. The first-order valence-electron chi connectivity index (χ1n) is 7.62. The van der Waals surface area contributed by atoms with Crippen molar-refractivity contribution in [2.24, 2.45) is 0 Å². The summed E-state index contributed by atoms with van der Waals surface area (Å²) in [6.45, 7) is 1.81. The van der Waals surface area contributed by atoms with Crippen molar-refractivity contribution in [3.8, 4) is 0 Å². The molecule has 0 saturated carbocycles. The third kappa shape index (κ3) is 3.56. The molecule has 0 unspecified atom stereocenters. The lowest BCUT2D eigenvalue weighted by molar-refractivity contribution is -0.116. The fraction of sp³-hybridized carbons (Fsp3) is 0.176. The molecule has 0 spiro atoms. The van der Waals surface area contributed by atoms with Gasteiger partial charge in [-0.2, -0.15) is 0 Å². The van der Waals surface area contributed by atoms with Gasteiger partial charge in [0.1, 0.15) is 0 Å². The van der Waals surface area contributed by atoms with Gasteiger partial charge in [0.05, 0.1) is 16.5 Å². The number of rotatable bonds is 3. The number of amides is 2. The van der Waals surface area contributed by atoms with Crippen LogP contribution in [0.25, 0.3) is 0 Å². The minimum absolute atomic E-state index is 0.0235. The van der Waals surface area contributed by atoms with E-state index in [1.54, 1.807) is 18.2 Å². The minimum Gasteiger partial charge on any atom is -0.322 e. The normalized spacial score (nSPS) is 16.0. The number of hydrogen-bond acceptors (Lipinski definition) is 4. The van der Waals surface area contributed by atoms with E-state index < -0.39 is 21.8 Å². The number of carbonyl (C=O) groups excluding carboxylic acids is 2. The lowest BCUT2D eigenvalue weighted by Gasteiger charge is -2.17. The van der Waals surface area contributed by atoms with Gasteiger partial charge in [0, 0.05) is 22.7 Å². The van der Waals surface area contributed by atoms with E-state index >= 15 is 0 Å². The first kappa shape index (κ1) is 18.7. The average Bonchev–Trinajstić information content (AvgIpc) is 2.84. The van der Waals surface area contributed by atoms with Crippen LogP contribution in [0.3, 0.4) is 0 Å². The third-order valence-corrected chi connectivity index (χ3v) is 6.18. The SMILES string of the molecule is Cc1ccc(Cl)cc1NC(=O)c1ccc(Cl)c(N2C(=O)CCS2(=O)=O)c1. The summed E-state index contributed by atoms with van der Waals surface area (Å²) in [7, 11) is -3.78.